The Morgan fingerprint density at radius 2 is 1.94 bits per heavy atom. The van der Waals surface area contributed by atoms with E-state index in [1.54, 1.807) is 0 Å². The summed E-state index contributed by atoms with van der Waals surface area (Å²) in [5.41, 5.74) is 1.79. The van der Waals surface area contributed by atoms with E-state index in [9.17, 15) is 4.79 Å². The lowest BCUT2D eigenvalue weighted by Gasteiger charge is -2.07. The number of hydrogen-bond acceptors (Lipinski definition) is 2. The molecule has 0 saturated heterocycles. The molecule has 0 unspecified atom stereocenters. The van der Waals surface area contributed by atoms with Crippen molar-refractivity contribution < 1.29 is 14.6 Å². The van der Waals surface area contributed by atoms with Crippen molar-refractivity contribution in [3.8, 4) is 5.75 Å². The lowest BCUT2D eigenvalue weighted by atomic mass is 10.0. The van der Waals surface area contributed by atoms with Crippen molar-refractivity contribution in [2.45, 2.75) is 26.7 Å². The second kappa shape index (κ2) is 6.74. The van der Waals surface area contributed by atoms with E-state index in [1.165, 1.54) is 6.08 Å². The van der Waals surface area contributed by atoms with E-state index in [4.69, 9.17) is 9.84 Å². The Hall–Kier alpha value is -1.77. The smallest absolute Gasteiger partial charge is 0.328 e. The largest absolute Gasteiger partial charge is 0.494 e. The van der Waals surface area contributed by atoms with E-state index in [0.717, 1.165) is 29.7 Å². The summed E-state index contributed by atoms with van der Waals surface area (Å²) in [4.78, 5) is 10.7. The molecule has 0 atom stereocenters. The average molecular weight is 234 g/mol. The molecule has 0 bridgehead atoms. The second-order valence-corrected chi connectivity index (χ2v) is 3.72. The van der Waals surface area contributed by atoms with Gasteiger partial charge in [-0.1, -0.05) is 25.5 Å². The fraction of sp³-hybridized carbons (Fsp3) is 0.357. The summed E-state index contributed by atoms with van der Waals surface area (Å²) < 4.78 is 5.35. The molecule has 3 nitrogen and oxygen atoms in total. The van der Waals surface area contributed by atoms with Crippen molar-refractivity contribution in [1.82, 2.24) is 0 Å². The molecule has 0 fully saturated rings. The number of aliphatic carboxylic acids is 1. The number of hydrogen-bond donors (Lipinski definition) is 1. The summed E-state index contributed by atoms with van der Waals surface area (Å²) in [5.74, 6) is -0.0928. The van der Waals surface area contributed by atoms with Gasteiger partial charge in [-0.15, -0.1) is 0 Å². The van der Waals surface area contributed by atoms with Crippen LogP contribution in [0.5, 0.6) is 5.75 Å². The predicted molar refractivity (Wildman–Crippen MR) is 68.1 cm³/mol. The van der Waals surface area contributed by atoms with Gasteiger partial charge in [-0.3, -0.25) is 0 Å². The third-order valence-electron chi connectivity index (χ3n) is 2.35. The molecule has 0 aromatic heterocycles. The van der Waals surface area contributed by atoms with Gasteiger partial charge in [-0.2, -0.15) is 0 Å². The number of carboxylic acid groups (broad SMARTS) is 1. The van der Waals surface area contributed by atoms with Crippen LogP contribution in [0.25, 0.3) is 5.57 Å². The minimum Gasteiger partial charge on any atom is -0.494 e. The quantitative estimate of drug-likeness (QED) is 0.768. The number of allylic oxidation sites excluding steroid dienone is 1. The van der Waals surface area contributed by atoms with Crippen LogP contribution < -0.4 is 4.74 Å². The van der Waals surface area contributed by atoms with Gasteiger partial charge in [0.1, 0.15) is 5.75 Å². The minimum atomic E-state index is -0.901. The summed E-state index contributed by atoms with van der Waals surface area (Å²) in [7, 11) is 0. The Labute approximate surface area is 102 Å². The zero-order valence-corrected chi connectivity index (χ0v) is 10.3. The van der Waals surface area contributed by atoms with Crippen molar-refractivity contribution >= 4 is 11.5 Å². The zero-order valence-electron chi connectivity index (χ0n) is 10.3. The van der Waals surface area contributed by atoms with Crippen LogP contribution in [-0.4, -0.2) is 17.7 Å². The van der Waals surface area contributed by atoms with Crippen molar-refractivity contribution in [2.75, 3.05) is 6.61 Å². The highest BCUT2D eigenvalue weighted by Crippen LogP contribution is 2.22. The molecule has 1 aromatic rings. The summed E-state index contributed by atoms with van der Waals surface area (Å²) in [6.07, 6.45) is 2.96. The van der Waals surface area contributed by atoms with E-state index < -0.39 is 5.97 Å². The highest BCUT2D eigenvalue weighted by molar-refractivity contribution is 5.90. The van der Waals surface area contributed by atoms with Gasteiger partial charge >= 0.3 is 5.97 Å². The van der Waals surface area contributed by atoms with Crippen LogP contribution in [0.1, 0.15) is 32.3 Å². The highest BCUT2D eigenvalue weighted by Gasteiger charge is 2.03. The Morgan fingerprint density at radius 3 is 2.41 bits per heavy atom. The van der Waals surface area contributed by atoms with Crippen LogP contribution in [0.3, 0.4) is 0 Å². The van der Waals surface area contributed by atoms with Crippen molar-refractivity contribution in [2.24, 2.45) is 0 Å². The van der Waals surface area contributed by atoms with Crippen molar-refractivity contribution in [3.05, 3.63) is 35.9 Å². The van der Waals surface area contributed by atoms with E-state index in [-0.39, 0.29) is 0 Å². The first-order valence-electron chi connectivity index (χ1n) is 5.84. The molecule has 0 radical (unpaired) electrons. The fourth-order valence-corrected chi connectivity index (χ4v) is 1.65. The first kappa shape index (κ1) is 13.3. The number of ether oxygens (including phenoxy) is 1. The van der Waals surface area contributed by atoms with Crippen LogP contribution in [-0.2, 0) is 4.79 Å². The lowest BCUT2D eigenvalue weighted by Crippen LogP contribution is -1.94. The van der Waals surface area contributed by atoms with Gasteiger partial charge in [-0.05, 0) is 36.6 Å². The summed E-state index contributed by atoms with van der Waals surface area (Å²) in [6, 6.07) is 7.53. The van der Waals surface area contributed by atoms with Gasteiger partial charge < -0.3 is 9.84 Å². The molecule has 0 aliphatic heterocycles. The molecule has 1 rings (SSSR count). The maximum atomic E-state index is 10.7. The van der Waals surface area contributed by atoms with Crippen LogP contribution in [0.15, 0.2) is 30.3 Å². The summed E-state index contributed by atoms with van der Waals surface area (Å²) >= 11 is 0. The Kier molecular flexibility index (Phi) is 5.27. The summed E-state index contributed by atoms with van der Waals surface area (Å²) in [6.45, 7) is 4.59. The number of benzene rings is 1. The molecule has 92 valence electrons. The SMILES string of the molecule is CCC/C(=C\C(=O)O)c1ccc(OCC)cc1. The minimum absolute atomic E-state index is 0.631. The Bertz CT molecular complexity index is 390. The van der Waals surface area contributed by atoms with Gasteiger partial charge in [0.15, 0.2) is 0 Å². The highest BCUT2D eigenvalue weighted by atomic mass is 16.5. The fourth-order valence-electron chi connectivity index (χ4n) is 1.65. The Morgan fingerprint density at radius 1 is 1.29 bits per heavy atom. The third-order valence-corrected chi connectivity index (χ3v) is 2.35. The van der Waals surface area contributed by atoms with E-state index in [1.807, 2.05) is 38.1 Å². The standard InChI is InChI=1S/C14H18O3/c1-3-5-12(10-14(15)16)11-6-8-13(9-7-11)17-4-2/h6-10H,3-5H2,1-2H3,(H,15,16)/b12-10+. The average Bonchev–Trinajstić information content (AvgIpc) is 2.29. The molecule has 0 saturated carbocycles. The maximum Gasteiger partial charge on any atom is 0.328 e. The molecular formula is C14H18O3. The van der Waals surface area contributed by atoms with Crippen molar-refractivity contribution in [1.29, 1.82) is 0 Å². The van der Waals surface area contributed by atoms with Gasteiger partial charge in [0, 0.05) is 6.08 Å². The van der Waals surface area contributed by atoms with Gasteiger partial charge in [0.25, 0.3) is 0 Å². The van der Waals surface area contributed by atoms with Crippen LogP contribution >= 0.6 is 0 Å². The molecule has 1 N–H and O–H groups in total. The van der Waals surface area contributed by atoms with E-state index in [2.05, 4.69) is 0 Å². The summed E-state index contributed by atoms with van der Waals surface area (Å²) in [5, 5.41) is 8.81. The van der Waals surface area contributed by atoms with E-state index in [0.29, 0.717) is 6.61 Å². The first-order valence-corrected chi connectivity index (χ1v) is 5.84. The van der Waals surface area contributed by atoms with Gasteiger partial charge in [0.2, 0.25) is 0 Å². The molecular weight excluding hydrogens is 216 g/mol. The molecule has 0 aliphatic carbocycles. The van der Waals surface area contributed by atoms with Crippen LogP contribution in [0.4, 0.5) is 0 Å². The number of carbonyl (C=O) groups is 1. The van der Waals surface area contributed by atoms with Crippen LogP contribution in [0, 0.1) is 0 Å². The van der Waals surface area contributed by atoms with Crippen LogP contribution in [0.2, 0.25) is 0 Å². The normalized spacial score (nSPS) is 11.3. The maximum absolute atomic E-state index is 10.7. The molecule has 3 heteroatoms. The van der Waals surface area contributed by atoms with Gasteiger partial charge in [-0.25, -0.2) is 4.79 Å². The monoisotopic (exact) mass is 234 g/mol. The molecule has 0 spiro atoms. The lowest BCUT2D eigenvalue weighted by molar-refractivity contribution is -0.131. The molecule has 0 heterocycles. The molecule has 1 aromatic carbocycles. The molecule has 17 heavy (non-hydrogen) atoms. The first-order chi connectivity index (χ1) is 8.17. The predicted octanol–water partition coefficient (Wildman–Crippen LogP) is 3.35. The second-order valence-electron chi connectivity index (χ2n) is 3.72. The molecule has 0 aliphatic rings. The topological polar surface area (TPSA) is 46.5 Å². The number of carboxylic acids is 1. The van der Waals surface area contributed by atoms with Gasteiger partial charge in [0.05, 0.1) is 6.61 Å². The van der Waals surface area contributed by atoms with E-state index >= 15 is 0 Å². The molecule has 0 amide bonds. The van der Waals surface area contributed by atoms with Crippen molar-refractivity contribution in [3.63, 3.8) is 0 Å². The Balaban J connectivity index is 2.91. The zero-order chi connectivity index (χ0) is 12.7. The number of rotatable bonds is 6. The third kappa shape index (κ3) is 4.31.